The van der Waals surface area contributed by atoms with E-state index in [1.54, 1.807) is 0 Å². The molecule has 0 aromatic heterocycles. The van der Waals surface area contributed by atoms with Crippen molar-refractivity contribution in [1.29, 1.82) is 0 Å². The first kappa shape index (κ1) is 11.5. The molecule has 94 valence electrons. The summed E-state index contributed by atoms with van der Waals surface area (Å²) in [4.78, 5) is 0. The van der Waals surface area contributed by atoms with Gasteiger partial charge < -0.3 is 10.5 Å². The third-order valence-electron chi connectivity index (χ3n) is 3.67. The fourth-order valence-electron chi connectivity index (χ4n) is 2.38. The summed E-state index contributed by atoms with van der Waals surface area (Å²) in [6.45, 7) is 1.40. The molecule has 3 rings (SSSR count). The average Bonchev–Trinajstić information content (AvgIpc) is 3.23. The summed E-state index contributed by atoms with van der Waals surface area (Å²) in [5.41, 5.74) is 6.95. The maximum absolute atomic E-state index is 5.93. The van der Waals surface area contributed by atoms with E-state index >= 15 is 0 Å². The largest absolute Gasteiger partial charge is 0.493 e. The predicted octanol–water partition coefficient (Wildman–Crippen LogP) is 3.48. The van der Waals surface area contributed by atoms with Gasteiger partial charge in [-0.3, -0.25) is 0 Å². The molecule has 2 N–H and O–H groups in total. The lowest BCUT2D eigenvalue weighted by atomic mass is 10.0. The van der Waals surface area contributed by atoms with Crippen LogP contribution in [0.3, 0.4) is 0 Å². The van der Waals surface area contributed by atoms with Crippen molar-refractivity contribution in [2.45, 2.75) is 25.8 Å². The van der Waals surface area contributed by atoms with E-state index in [2.05, 4.69) is 36.4 Å². The molecule has 1 saturated carbocycles. The summed E-state index contributed by atoms with van der Waals surface area (Å²) >= 11 is 0. The fraction of sp³-hybridized carbons (Fsp3) is 0.375. The number of fused-ring (bicyclic) bond motifs is 1. The Bertz CT molecular complexity index is 546. The summed E-state index contributed by atoms with van der Waals surface area (Å²) in [5.74, 6) is 1.91. The summed E-state index contributed by atoms with van der Waals surface area (Å²) in [5, 5.41) is 2.39. The van der Waals surface area contributed by atoms with E-state index in [4.69, 9.17) is 10.5 Å². The highest BCUT2D eigenvalue weighted by atomic mass is 16.5. The predicted molar refractivity (Wildman–Crippen MR) is 74.7 cm³/mol. The molecular formula is C16H19NO. The first-order valence-corrected chi connectivity index (χ1v) is 6.72. The summed E-state index contributed by atoms with van der Waals surface area (Å²) in [7, 11) is 0. The van der Waals surface area contributed by atoms with Gasteiger partial charge in [0.2, 0.25) is 0 Å². The summed E-state index contributed by atoms with van der Waals surface area (Å²) < 4.78 is 5.93. The Balaban J connectivity index is 1.86. The molecule has 1 aliphatic carbocycles. The van der Waals surface area contributed by atoms with Crippen molar-refractivity contribution in [3.63, 3.8) is 0 Å². The molecule has 0 unspecified atom stereocenters. The van der Waals surface area contributed by atoms with Crippen molar-refractivity contribution < 1.29 is 4.74 Å². The lowest BCUT2D eigenvalue weighted by Crippen LogP contribution is -2.01. The van der Waals surface area contributed by atoms with Crippen molar-refractivity contribution in [3.8, 4) is 5.75 Å². The SMILES string of the molecule is NCc1ccc(OCCC2CC2)c2ccccc12. The van der Waals surface area contributed by atoms with Crippen LogP contribution < -0.4 is 10.5 Å². The van der Waals surface area contributed by atoms with Gasteiger partial charge in [0.05, 0.1) is 6.61 Å². The number of benzene rings is 2. The molecule has 0 amide bonds. The van der Waals surface area contributed by atoms with Gasteiger partial charge in [-0.25, -0.2) is 0 Å². The Morgan fingerprint density at radius 1 is 1.06 bits per heavy atom. The monoisotopic (exact) mass is 241 g/mol. The first-order valence-electron chi connectivity index (χ1n) is 6.72. The molecule has 1 fully saturated rings. The number of hydrogen-bond acceptors (Lipinski definition) is 2. The second kappa shape index (κ2) is 4.99. The van der Waals surface area contributed by atoms with Crippen LogP contribution in [0.2, 0.25) is 0 Å². The van der Waals surface area contributed by atoms with Gasteiger partial charge in [-0.1, -0.05) is 43.2 Å². The van der Waals surface area contributed by atoms with E-state index in [0.29, 0.717) is 6.54 Å². The minimum Gasteiger partial charge on any atom is -0.493 e. The number of ether oxygens (including phenoxy) is 1. The molecule has 2 aromatic carbocycles. The van der Waals surface area contributed by atoms with E-state index in [1.807, 2.05) is 0 Å². The van der Waals surface area contributed by atoms with Crippen LogP contribution in [0, 0.1) is 5.92 Å². The molecular weight excluding hydrogens is 222 g/mol. The molecule has 0 bridgehead atoms. The third-order valence-corrected chi connectivity index (χ3v) is 3.67. The Kier molecular flexibility index (Phi) is 3.20. The van der Waals surface area contributed by atoms with E-state index < -0.39 is 0 Å². The molecule has 0 aliphatic heterocycles. The zero-order valence-corrected chi connectivity index (χ0v) is 10.6. The van der Waals surface area contributed by atoms with Crippen molar-refractivity contribution in [3.05, 3.63) is 42.0 Å². The molecule has 0 radical (unpaired) electrons. The van der Waals surface area contributed by atoms with Gasteiger partial charge in [0.15, 0.2) is 0 Å². The zero-order chi connectivity index (χ0) is 12.4. The van der Waals surface area contributed by atoms with Crippen LogP contribution in [-0.4, -0.2) is 6.61 Å². The number of nitrogens with two attached hydrogens (primary N) is 1. The summed E-state index contributed by atoms with van der Waals surface area (Å²) in [6.07, 6.45) is 3.96. The van der Waals surface area contributed by atoms with Crippen molar-refractivity contribution >= 4 is 10.8 Å². The molecule has 0 atom stereocenters. The van der Waals surface area contributed by atoms with Crippen LogP contribution in [0.4, 0.5) is 0 Å². The van der Waals surface area contributed by atoms with Crippen LogP contribution in [-0.2, 0) is 6.54 Å². The van der Waals surface area contributed by atoms with E-state index in [1.165, 1.54) is 35.6 Å². The zero-order valence-electron chi connectivity index (χ0n) is 10.6. The van der Waals surface area contributed by atoms with Crippen LogP contribution in [0.1, 0.15) is 24.8 Å². The van der Waals surface area contributed by atoms with Crippen LogP contribution in [0.15, 0.2) is 36.4 Å². The minimum atomic E-state index is 0.572. The van der Waals surface area contributed by atoms with Gasteiger partial charge in [0.25, 0.3) is 0 Å². The highest BCUT2D eigenvalue weighted by Crippen LogP contribution is 2.33. The minimum absolute atomic E-state index is 0.572. The standard InChI is InChI=1S/C16H19NO/c17-11-13-7-8-16(18-10-9-12-5-6-12)15-4-2-1-3-14(13)15/h1-4,7-8,12H,5-6,9-11,17H2. The van der Waals surface area contributed by atoms with Crippen LogP contribution in [0.25, 0.3) is 10.8 Å². The van der Waals surface area contributed by atoms with Gasteiger partial charge >= 0.3 is 0 Å². The number of rotatable bonds is 5. The summed E-state index contributed by atoms with van der Waals surface area (Å²) in [6, 6.07) is 12.5. The molecule has 0 spiro atoms. The first-order chi connectivity index (χ1) is 8.88. The van der Waals surface area contributed by atoms with Crippen LogP contribution in [0.5, 0.6) is 5.75 Å². The van der Waals surface area contributed by atoms with E-state index in [0.717, 1.165) is 18.3 Å². The Hall–Kier alpha value is -1.54. The van der Waals surface area contributed by atoms with Crippen molar-refractivity contribution in [1.82, 2.24) is 0 Å². The van der Waals surface area contributed by atoms with Gasteiger partial charge in [0, 0.05) is 11.9 Å². The molecule has 2 heteroatoms. The maximum atomic E-state index is 5.93. The normalized spacial score (nSPS) is 14.9. The van der Waals surface area contributed by atoms with Crippen molar-refractivity contribution in [2.75, 3.05) is 6.61 Å². The van der Waals surface area contributed by atoms with E-state index in [-0.39, 0.29) is 0 Å². The Morgan fingerprint density at radius 2 is 1.83 bits per heavy atom. The highest BCUT2D eigenvalue weighted by molar-refractivity contribution is 5.91. The van der Waals surface area contributed by atoms with Crippen LogP contribution >= 0.6 is 0 Å². The van der Waals surface area contributed by atoms with Gasteiger partial charge in [-0.2, -0.15) is 0 Å². The lowest BCUT2D eigenvalue weighted by Gasteiger charge is -2.11. The smallest absolute Gasteiger partial charge is 0.127 e. The van der Waals surface area contributed by atoms with Gasteiger partial charge in [-0.05, 0) is 29.4 Å². The number of hydrogen-bond donors (Lipinski definition) is 1. The van der Waals surface area contributed by atoms with Gasteiger partial charge in [0.1, 0.15) is 5.75 Å². The second-order valence-electron chi connectivity index (χ2n) is 5.05. The molecule has 1 aliphatic rings. The molecule has 0 saturated heterocycles. The molecule has 2 aromatic rings. The Labute approximate surface area is 108 Å². The van der Waals surface area contributed by atoms with Crippen molar-refractivity contribution in [2.24, 2.45) is 11.7 Å². The Morgan fingerprint density at radius 3 is 2.56 bits per heavy atom. The third kappa shape index (κ3) is 2.34. The lowest BCUT2D eigenvalue weighted by molar-refractivity contribution is 0.306. The maximum Gasteiger partial charge on any atom is 0.127 e. The molecule has 2 nitrogen and oxygen atoms in total. The quantitative estimate of drug-likeness (QED) is 0.869. The molecule has 18 heavy (non-hydrogen) atoms. The fourth-order valence-corrected chi connectivity index (χ4v) is 2.38. The molecule has 0 heterocycles. The van der Waals surface area contributed by atoms with Gasteiger partial charge in [-0.15, -0.1) is 0 Å². The van der Waals surface area contributed by atoms with E-state index in [9.17, 15) is 0 Å². The average molecular weight is 241 g/mol. The topological polar surface area (TPSA) is 35.2 Å². The highest BCUT2D eigenvalue weighted by Gasteiger charge is 2.20. The second-order valence-corrected chi connectivity index (χ2v) is 5.05.